The van der Waals surface area contributed by atoms with Crippen molar-refractivity contribution >= 4 is 11.8 Å². The van der Waals surface area contributed by atoms with Crippen molar-refractivity contribution in [3.8, 4) is 11.5 Å². The molecule has 2 aromatic carbocycles. The van der Waals surface area contributed by atoms with Crippen LogP contribution in [0.1, 0.15) is 30.5 Å². The Bertz CT molecular complexity index is 853. The molecule has 1 N–H and O–H groups in total. The van der Waals surface area contributed by atoms with E-state index >= 15 is 0 Å². The Kier molecular flexibility index (Phi) is 4.71. The maximum atomic E-state index is 12.6. The number of likely N-dealkylation sites (tertiary alicyclic amines) is 1. The van der Waals surface area contributed by atoms with Gasteiger partial charge in [0.05, 0.1) is 12.0 Å². The van der Waals surface area contributed by atoms with Gasteiger partial charge in [0.25, 0.3) is 0 Å². The molecule has 0 saturated carbocycles. The number of benzene rings is 2. The van der Waals surface area contributed by atoms with E-state index in [-0.39, 0.29) is 37.0 Å². The molecule has 4 rings (SSSR count). The van der Waals surface area contributed by atoms with Crippen molar-refractivity contribution in [2.24, 2.45) is 5.92 Å². The van der Waals surface area contributed by atoms with E-state index in [0.717, 1.165) is 16.9 Å². The van der Waals surface area contributed by atoms with Crippen LogP contribution in [0.3, 0.4) is 0 Å². The van der Waals surface area contributed by atoms with Crippen molar-refractivity contribution in [1.82, 2.24) is 10.2 Å². The molecule has 2 unspecified atom stereocenters. The summed E-state index contributed by atoms with van der Waals surface area (Å²) in [6.07, 6.45) is 0.254. The standard InChI is InChI=1S/C21H22N2O4/c1-14(16-5-3-2-4-6-16)23-12-17(10-20(23)24)21(25)22-11-15-7-8-18-19(9-15)27-13-26-18/h2-9,14,17H,10-13H2,1H3,(H,22,25). The Morgan fingerprint density at radius 3 is 2.78 bits per heavy atom. The molecule has 0 aliphatic carbocycles. The largest absolute Gasteiger partial charge is 0.454 e. The molecule has 0 aromatic heterocycles. The molecule has 2 aliphatic rings. The number of carbonyl (C=O) groups is 2. The van der Waals surface area contributed by atoms with Crippen LogP contribution in [0.25, 0.3) is 0 Å². The molecule has 1 saturated heterocycles. The van der Waals surface area contributed by atoms with Crippen LogP contribution in [0.15, 0.2) is 48.5 Å². The number of nitrogens with one attached hydrogen (secondary N) is 1. The minimum Gasteiger partial charge on any atom is -0.454 e. The van der Waals surface area contributed by atoms with E-state index in [0.29, 0.717) is 18.8 Å². The number of amides is 2. The van der Waals surface area contributed by atoms with Gasteiger partial charge in [0, 0.05) is 19.5 Å². The Morgan fingerprint density at radius 2 is 1.96 bits per heavy atom. The van der Waals surface area contributed by atoms with Crippen molar-refractivity contribution in [3.63, 3.8) is 0 Å². The minimum atomic E-state index is -0.322. The summed E-state index contributed by atoms with van der Waals surface area (Å²) in [7, 11) is 0. The van der Waals surface area contributed by atoms with E-state index in [1.807, 2.05) is 55.5 Å². The van der Waals surface area contributed by atoms with Gasteiger partial charge in [0.15, 0.2) is 11.5 Å². The molecule has 0 bridgehead atoms. The van der Waals surface area contributed by atoms with Gasteiger partial charge in [-0.15, -0.1) is 0 Å². The number of carbonyl (C=O) groups excluding carboxylic acids is 2. The third-order valence-corrected chi connectivity index (χ3v) is 5.18. The molecular weight excluding hydrogens is 344 g/mol. The lowest BCUT2D eigenvalue weighted by atomic mass is 10.1. The molecule has 0 spiro atoms. The lowest BCUT2D eigenvalue weighted by Crippen LogP contribution is -2.33. The van der Waals surface area contributed by atoms with Crippen LogP contribution in [0.2, 0.25) is 0 Å². The second-order valence-corrected chi connectivity index (χ2v) is 6.94. The number of hydrogen-bond donors (Lipinski definition) is 1. The van der Waals surface area contributed by atoms with Gasteiger partial charge >= 0.3 is 0 Å². The normalized spacial score (nSPS) is 19.2. The Morgan fingerprint density at radius 1 is 1.19 bits per heavy atom. The smallest absolute Gasteiger partial charge is 0.231 e. The van der Waals surface area contributed by atoms with E-state index in [2.05, 4.69) is 5.32 Å². The highest BCUT2D eigenvalue weighted by Crippen LogP contribution is 2.32. The zero-order valence-electron chi connectivity index (χ0n) is 15.2. The highest BCUT2D eigenvalue weighted by Gasteiger charge is 2.36. The van der Waals surface area contributed by atoms with Gasteiger partial charge in [-0.1, -0.05) is 36.4 Å². The predicted octanol–water partition coefficient (Wildman–Crippen LogP) is 2.64. The summed E-state index contributed by atoms with van der Waals surface area (Å²) in [5, 5.41) is 2.94. The molecule has 6 heteroatoms. The average molecular weight is 366 g/mol. The lowest BCUT2D eigenvalue weighted by Gasteiger charge is -2.25. The van der Waals surface area contributed by atoms with Crippen LogP contribution in [0, 0.1) is 5.92 Å². The zero-order valence-corrected chi connectivity index (χ0v) is 15.2. The first-order valence-corrected chi connectivity index (χ1v) is 9.12. The highest BCUT2D eigenvalue weighted by atomic mass is 16.7. The number of rotatable bonds is 5. The van der Waals surface area contributed by atoms with Gasteiger partial charge in [-0.3, -0.25) is 9.59 Å². The summed E-state index contributed by atoms with van der Waals surface area (Å²) in [4.78, 5) is 26.8. The summed E-state index contributed by atoms with van der Waals surface area (Å²) in [5.74, 6) is 1.02. The second kappa shape index (κ2) is 7.31. The Hall–Kier alpha value is -3.02. The molecule has 1 fully saturated rings. The SMILES string of the molecule is CC(c1ccccc1)N1CC(C(=O)NCc2ccc3c(c2)OCO3)CC1=O. The van der Waals surface area contributed by atoms with Crippen LogP contribution in [-0.2, 0) is 16.1 Å². The molecular formula is C21H22N2O4. The number of fused-ring (bicyclic) bond motifs is 1. The quantitative estimate of drug-likeness (QED) is 0.883. The van der Waals surface area contributed by atoms with Crippen LogP contribution in [0.5, 0.6) is 11.5 Å². The molecule has 2 atom stereocenters. The molecule has 27 heavy (non-hydrogen) atoms. The summed E-state index contributed by atoms with van der Waals surface area (Å²) in [6.45, 7) is 3.07. The molecule has 2 aromatic rings. The van der Waals surface area contributed by atoms with Crippen LogP contribution in [-0.4, -0.2) is 30.1 Å². The number of hydrogen-bond acceptors (Lipinski definition) is 4. The molecule has 2 aliphatic heterocycles. The maximum absolute atomic E-state index is 12.6. The van der Waals surface area contributed by atoms with E-state index < -0.39 is 0 Å². The molecule has 0 radical (unpaired) electrons. The van der Waals surface area contributed by atoms with E-state index in [1.165, 1.54) is 0 Å². The van der Waals surface area contributed by atoms with Crippen molar-refractivity contribution in [1.29, 1.82) is 0 Å². The van der Waals surface area contributed by atoms with Gasteiger partial charge < -0.3 is 19.7 Å². The molecule has 2 amide bonds. The third kappa shape index (κ3) is 3.60. The van der Waals surface area contributed by atoms with Gasteiger partial charge in [-0.05, 0) is 30.2 Å². The van der Waals surface area contributed by atoms with Crippen molar-refractivity contribution in [2.45, 2.75) is 25.9 Å². The lowest BCUT2D eigenvalue weighted by molar-refractivity contribution is -0.130. The van der Waals surface area contributed by atoms with E-state index in [9.17, 15) is 9.59 Å². The molecule has 6 nitrogen and oxygen atoms in total. The predicted molar refractivity (Wildman–Crippen MR) is 99.1 cm³/mol. The number of nitrogens with zero attached hydrogens (tertiary/aromatic N) is 1. The molecule has 2 heterocycles. The average Bonchev–Trinajstić information content (AvgIpc) is 3.32. The van der Waals surface area contributed by atoms with Gasteiger partial charge in [-0.25, -0.2) is 0 Å². The summed E-state index contributed by atoms with van der Waals surface area (Å²) < 4.78 is 10.6. The fraction of sp³-hybridized carbons (Fsp3) is 0.333. The first-order chi connectivity index (χ1) is 13.1. The fourth-order valence-corrected chi connectivity index (χ4v) is 3.58. The van der Waals surface area contributed by atoms with Gasteiger partial charge in [-0.2, -0.15) is 0 Å². The third-order valence-electron chi connectivity index (χ3n) is 5.18. The van der Waals surface area contributed by atoms with E-state index in [4.69, 9.17) is 9.47 Å². The van der Waals surface area contributed by atoms with Gasteiger partial charge in [0.1, 0.15) is 0 Å². The minimum absolute atomic E-state index is 0.0228. The van der Waals surface area contributed by atoms with Crippen molar-refractivity contribution in [3.05, 3.63) is 59.7 Å². The van der Waals surface area contributed by atoms with Gasteiger partial charge in [0.2, 0.25) is 18.6 Å². The monoisotopic (exact) mass is 366 g/mol. The summed E-state index contributed by atoms with van der Waals surface area (Å²) >= 11 is 0. The van der Waals surface area contributed by atoms with Crippen LogP contribution in [0.4, 0.5) is 0 Å². The fourth-order valence-electron chi connectivity index (χ4n) is 3.58. The second-order valence-electron chi connectivity index (χ2n) is 6.94. The summed E-state index contributed by atoms with van der Waals surface area (Å²) in [6, 6.07) is 15.5. The highest BCUT2D eigenvalue weighted by molar-refractivity contribution is 5.89. The van der Waals surface area contributed by atoms with Crippen molar-refractivity contribution < 1.29 is 19.1 Å². The van der Waals surface area contributed by atoms with E-state index in [1.54, 1.807) is 4.90 Å². The Labute approximate surface area is 158 Å². The number of ether oxygens (including phenoxy) is 2. The summed E-state index contributed by atoms with van der Waals surface area (Å²) in [5.41, 5.74) is 2.01. The topological polar surface area (TPSA) is 67.9 Å². The first kappa shape index (κ1) is 17.4. The Balaban J connectivity index is 1.35. The van der Waals surface area contributed by atoms with Crippen molar-refractivity contribution in [2.75, 3.05) is 13.3 Å². The van der Waals surface area contributed by atoms with Crippen LogP contribution < -0.4 is 14.8 Å². The van der Waals surface area contributed by atoms with Crippen LogP contribution >= 0.6 is 0 Å². The first-order valence-electron chi connectivity index (χ1n) is 9.12. The maximum Gasteiger partial charge on any atom is 0.231 e. The molecule has 140 valence electrons. The zero-order chi connectivity index (χ0) is 18.8.